The van der Waals surface area contributed by atoms with Crippen molar-refractivity contribution in [1.82, 2.24) is 5.32 Å². The minimum Gasteiger partial charge on any atom is -0.469 e. The number of nitrogens with two attached hydrogens (primary N) is 1. The molecular formula is C56H84N2O18. The topological polar surface area (TPSA) is 338 Å². The molecule has 2 saturated heterocycles. The first-order valence-electron chi connectivity index (χ1n) is 26.3. The van der Waals surface area contributed by atoms with Gasteiger partial charge < -0.3 is 85.8 Å². The highest BCUT2D eigenvalue weighted by Gasteiger charge is 2.52. The number of hydrogen-bond acceptors (Lipinski definition) is 19. The van der Waals surface area contributed by atoms with Crippen LogP contribution < -0.4 is 11.1 Å². The van der Waals surface area contributed by atoms with Crippen molar-refractivity contribution in [2.24, 2.45) is 23.5 Å². The average molecular weight is 1070 g/mol. The molecule has 20 atom stereocenters. The Labute approximate surface area is 445 Å². The van der Waals surface area contributed by atoms with Crippen LogP contribution in [0.5, 0.6) is 0 Å². The molecule has 0 aliphatic carbocycles. The molecule has 0 saturated carbocycles. The van der Waals surface area contributed by atoms with Gasteiger partial charge in [-0.3, -0.25) is 14.4 Å². The van der Waals surface area contributed by atoms with Gasteiger partial charge in [-0.15, -0.1) is 0 Å². The fourth-order valence-electron chi connectivity index (χ4n) is 9.44. The van der Waals surface area contributed by atoms with Crippen molar-refractivity contribution in [3.05, 3.63) is 109 Å². The number of rotatable bonds is 6. The van der Waals surface area contributed by atoms with Crippen LogP contribution in [0, 0.1) is 17.8 Å². The Morgan fingerprint density at radius 1 is 0.711 bits per heavy atom. The lowest BCUT2D eigenvalue weighted by molar-refractivity contribution is -0.310. The van der Waals surface area contributed by atoms with Gasteiger partial charge in [0.1, 0.15) is 30.3 Å². The first-order chi connectivity index (χ1) is 36.0. The zero-order chi connectivity index (χ0) is 56.1. The second kappa shape index (κ2) is 31.8. The number of amides is 1. The lowest BCUT2D eigenvalue weighted by Gasteiger charge is -2.46. The molecule has 76 heavy (non-hydrogen) atoms. The molecular weight excluding hydrogens is 989 g/mol. The van der Waals surface area contributed by atoms with E-state index in [0.29, 0.717) is 5.56 Å². The first kappa shape index (κ1) is 64.0. The number of allylic oxidation sites excluding steroid dienone is 10. The molecule has 20 nitrogen and oxygen atoms in total. The summed E-state index contributed by atoms with van der Waals surface area (Å²) in [6, 6.07) is 6.00. The van der Waals surface area contributed by atoms with Crippen LogP contribution in [0.15, 0.2) is 103 Å². The van der Waals surface area contributed by atoms with Crippen LogP contribution >= 0.6 is 0 Å². The van der Waals surface area contributed by atoms with E-state index in [-0.39, 0.29) is 38.0 Å². The molecule has 3 aliphatic heterocycles. The molecule has 20 heteroatoms. The fourth-order valence-corrected chi connectivity index (χ4v) is 9.44. The summed E-state index contributed by atoms with van der Waals surface area (Å²) in [7, 11) is 1.10. The van der Waals surface area contributed by atoms with Crippen LogP contribution in [-0.2, 0) is 38.1 Å². The predicted molar refractivity (Wildman–Crippen MR) is 279 cm³/mol. The summed E-state index contributed by atoms with van der Waals surface area (Å²) in [4.78, 5) is 39.3. The molecule has 3 aliphatic rings. The zero-order valence-electron chi connectivity index (χ0n) is 44.2. The lowest BCUT2D eigenvalue weighted by atomic mass is 9.82. The van der Waals surface area contributed by atoms with Crippen LogP contribution in [0.25, 0.3) is 0 Å². The molecule has 0 aromatic heterocycles. The maximum atomic E-state index is 13.4. The van der Waals surface area contributed by atoms with E-state index in [9.17, 15) is 65.4 Å². The molecule has 426 valence electrons. The Balaban J connectivity index is 1.59. The number of methoxy groups -OCH3 is 1. The summed E-state index contributed by atoms with van der Waals surface area (Å²) >= 11 is 0. The van der Waals surface area contributed by atoms with Crippen molar-refractivity contribution >= 4 is 17.8 Å². The van der Waals surface area contributed by atoms with Gasteiger partial charge >= 0.3 is 11.9 Å². The summed E-state index contributed by atoms with van der Waals surface area (Å²) in [5, 5.41) is 114. The smallest absolute Gasteiger partial charge is 0.313 e. The minimum absolute atomic E-state index is 0.147. The molecule has 0 unspecified atom stereocenters. The van der Waals surface area contributed by atoms with Crippen molar-refractivity contribution in [2.75, 3.05) is 7.11 Å². The van der Waals surface area contributed by atoms with Crippen LogP contribution in [-0.4, -0.2) is 173 Å². The van der Waals surface area contributed by atoms with Gasteiger partial charge in [-0.1, -0.05) is 117 Å². The van der Waals surface area contributed by atoms with Crippen molar-refractivity contribution in [3.8, 4) is 0 Å². The number of carbonyl (C=O) groups excluding carboxylic acids is 3. The number of hydrogen-bond donors (Lipinski definition) is 12. The van der Waals surface area contributed by atoms with Crippen LogP contribution in [0.4, 0.5) is 0 Å². The van der Waals surface area contributed by atoms with Crippen molar-refractivity contribution in [3.63, 3.8) is 0 Å². The molecule has 0 spiro atoms. The van der Waals surface area contributed by atoms with Crippen LogP contribution in [0.2, 0.25) is 0 Å². The highest BCUT2D eigenvalue weighted by atomic mass is 16.7. The second-order valence-electron chi connectivity index (χ2n) is 20.4. The molecule has 0 radical (unpaired) electrons. The monoisotopic (exact) mass is 1070 g/mol. The molecule has 2 fully saturated rings. The predicted octanol–water partition coefficient (Wildman–Crippen LogP) is 1.88. The zero-order valence-corrected chi connectivity index (χ0v) is 44.2. The third kappa shape index (κ3) is 20.4. The van der Waals surface area contributed by atoms with Gasteiger partial charge in [-0.25, -0.2) is 0 Å². The summed E-state index contributed by atoms with van der Waals surface area (Å²) in [5.41, 5.74) is 6.72. The van der Waals surface area contributed by atoms with Crippen molar-refractivity contribution < 1.29 is 89.1 Å². The molecule has 2 bridgehead atoms. The summed E-state index contributed by atoms with van der Waals surface area (Å²) in [5.74, 6) is -6.84. The average Bonchev–Trinajstić information content (AvgIpc) is 3.36. The van der Waals surface area contributed by atoms with Gasteiger partial charge in [0.2, 0.25) is 5.91 Å². The quantitative estimate of drug-likeness (QED) is 0.181. The Morgan fingerprint density at radius 3 is 1.99 bits per heavy atom. The number of aliphatic hydroxyl groups excluding tert-OH is 9. The Morgan fingerprint density at radius 2 is 1.32 bits per heavy atom. The number of carbonyl (C=O) groups is 3. The van der Waals surface area contributed by atoms with E-state index in [1.165, 1.54) is 13.0 Å². The van der Waals surface area contributed by atoms with Gasteiger partial charge in [0.05, 0.1) is 80.6 Å². The Hall–Kier alpha value is -4.49. The lowest BCUT2D eigenvalue weighted by Crippen LogP contribution is -2.64. The van der Waals surface area contributed by atoms with E-state index in [1.54, 1.807) is 68.5 Å². The largest absolute Gasteiger partial charge is 0.469 e. The number of ether oxygens (including phenoxy) is 5. The van der Waals surface area contributed by atoms with E-state index in [2.05, 4.69) is 5.32 Å². The minimum atomic E-state index is -2.36. The van der Waals surface area contributed by atoms with E-state index in [1.807, 2.05) is 49.5 Å². The number of cyclic esters (lactones) is 1. The standard InChI is InChI=1S/C56H84N2O18/c1-33-21-17-14-12-10-8-6-7-9-11-13-15-20-24-41(75-55-52(68)49(51(67)36(4)74-55)58-53(69)48(57)37-22-18-16-19-23-37)30-45-47(54(70)72-5)44(64)32-56(71,76-45)31-43(63)42(62)26-25-38(59)27-39(60)28-40(61)29-46(65)73-35(3)34(2)50(33)66/h6-7,9,11-24,33-36,38-45,47-52,55,59-64,66-68,71H,8,10,25-32,57H2,1-5H3,(H,58,69)/b7-6+,11-9+,14-12+,15-13+,21-17+,24-20+/t33-,34-,35-,36+,38+,39+,40+,41-,42+,43+,44-,45-,47+,48+,49-,50+,51+,52-,55-,56+/m0/s1. The van der Waals surface area contributed by atoms with E-state index in [0.717, 1.165) is 20.0 Å². The molecule has 4 rings (SSSR count). The van der Waals surface area contributed by atoms with Crippen molar-refractivity contribution in [1.29, 1.82) is 0 Å². The third-order valence-corrected chi connectivity index (χ3v) is 14.1. The van der Waals surface area contributed by atoms with Crippen LogP contribution in [0.3, 0.4) is 0 Å². The van der Waals surface area contributed by atoms with E-state index < -0.39 is 152 Å². The normalized spacial score (nSPS) is 40.7. The molecule has 13 N–H and O–H groups in total. The Kier molecular flexibility index (Phi) is 26.8. The third-order valence-electron chi connectivity index (χ3n) is 14.1. The number of nitrogens with one attached hydrogen (secondary N) is 1. The number of benzene rings is 1. The van der Waals surface area contributed by atoms with E-state index in [4.69, 9.17) is 29.4 Å². The fraction of sp³-hybridized carbons (Fsp3) is 0.625. The molecule has 1 amide bonds. The highest BCUT2D eigenvalue weighted by Crippen LogP contribution is 2.39. The summed E-state index contributed by atoms with van der Waals surface area (Å²) in [6.45, 7) is 6.75. The number of aliphatic hydroxyl groups is 10. The highest BCUT2D eigenvalue weighted by molar-refractivity contribution is 5.83. The number of esters is 2. The molecule has 1 aromatic carbocycles. The second-order valence-corrected chi connectivity index (χ2v) is 20.4. The maximum absolute atomic E-state index is 13.4. The van der Waals surface area contributed by atoms with Crippen LogP contribution in [0.1, 0.15) is 104 Å². The van der Waals surface area contributed by atoms with Gasteiger partial charge in [-0.2, -0.15) is 0 Å². The molecule has 1 aromatic rings. The first-order valence-corrected chi connectivity index (χ1v) is 26.3. The SMILES string of the molecule is COC(=O)[C@H]1[C@@H]2C[C@@H](O[C@@H]3O[C@H](C)[C@@H](O)[C@H](NC(=O)[C@H](N)c4ccccc4)[C@@H]3O)/C=C/C=C/C=C/C=C/CC/C=C/C=C/[C@H](C)[C@@H](O)[C@@H](C)[C@H](C)OC(=O)C[C@H](O)C[C@H](O)C[C@H](O)CC[C@@H](O)[C@H](O)C[C@](O)(C[C@@H]1O)O2. The van der Waals surface area contributed by atoms with Gasteiger partial charge in [0.15, 0.2) is 12.1 Å². The van der Waals surface area contributed by atoms with Gasteiger partial charge in [0, 0.05) is 31.1 Å². The Bertz CT molecular complexity index is 2100. The van der Waals surface area contributed by atoms with Crippen molar-refractivity contribution in [2.45, 2.75) is 195 Å². The van der Waals surface area contributed by atoms with Gasteiger partial charge in [-0.05, 0) is 57.9 Å². The van der Waals surface area contributed by atoms with E-state index >= 15 is 0 Å². The summed E-state index contributed by atoms with van der Waals surface area (Å²) in [6.07, 6.45) is 1.52. The maximum Gasteiger partial charge on any atom is 0.313 e. The molecule has 3 heterocycles. The van der Waals surface area contributed by atoms with Gasteiger partial charge in [0.25, 0.3) is 0 Å². The number of fused-ring (bicyclic) bond motifs is 2. The summed E-state index contributed by atoms with van der Waals surface area (Å²) < 4.78 is 28.9.